The Balaban J connectivity index is 4.09. The van der Waals surface area contributed by atoms with Crippen molar-refractivity contribution in [2.24, 2.45) is 0 Å². The monoisotopic (exact) mass is 225 g/mol. The van der Waals surface area contributed by atoms with Crippen LogP contribution in [0.25, 0.3) is 0 Å². The molecule has 0 rings (SSSR count). The topological polar surface area (TPSA) is 20.3 Å². The molecule has 0 unspecified atom stereocenters. The summed E-state index contributed by atoms with van der Waals surface area (Å²) in [7, 11) is 0. The molecule has 0 saturated carbocycles. The average molecular weight is 226 g/mol. The molecule has 0 heterocycles. The van der Waals surface area contributed by atoms with Crippen LogP contribution in [0, 0.1) is 0 Å². The fourth-order valence-corrected chi connectivity index (χ4v) is 6.37. The quantitative estimate of drug-likeness (QED) is 0.392. The molecule has 2 nitrogen and oxygen atoms in total. The molecular weight excluding hydrogens is 208 g/mol. The van der Waals surface area contributed by atoms with Crippen LogP contribution in [0.15, 0.2) is 12.3 Å². The van der Waals surface area contributed by atoms with Crippen LogP contribution >= 0.6 is 0 Å². The van der Waals surface area contributed by atoms with E-state index in [1.54, 1.807) is 6.08 Å². The van der Waals surface area contributed by atoms with Gasteiger partial charge in [-0.25, -0.2) is 0 Å². The van der Waals surface area contributed by atoms with Crippen LogP contribution in [0.5, 0.6) is 0 Å². The summed E-state index contributed by atoms with van der Waals surface area (Å²) in [6.07, 6.45) is 4.42. The minimum atomic E-state index is -1.22. The van der Waals surface area contributed by atoms with Gasteiger partial charge in [-0.15, -0.1) is 0 Å². The first-order valence-corrected chi connectivity index (χ1v) is 9.18. The summed E-state index contributed by atoms with van der Waals surface area (Å²) < 4.78 is 2.39. The summed E-state index contributed by atoms with van der Waals surface area (Å²) in [6.45, 7) is 7.71. The third-order valence-corrected chi connectivity index (χ3v) is 9.18. The second kappa shape index (κ2) is 7.49. The minimum absolute atomic E-state index is 0.854. The number of rotatable bonds is 6. The maximum atomic E-state index is 10.1. The van der Waals surface area contributed by atoms with Gasteiger partial charge in [0.05, 0.1) is 0 Å². The second-order valence-corrected chi connectivity index (χ2v) is 10.3. The molecule has 0 aromatic rings. The van der Waals surface area contributed by atoms with Crippen LogP contribution in [0.3, 0.4) is 0 Å². The first-order valence-electron chi connectivity index (χ1n) is 4.67. The van der Waals surface area contributed by atoms with Gasteiger partial charge in [0.25, 0.3) is 0 Å². The molecule has 0 aromatic heterocycles. The van der Waals surface area contributed by atoms with Gasteiger partial charge in [-0.2, -0.15) is 0 Å². The maximum absolute atomic E-state index is 10.1. The molecule has 3 heteroatoms. The third-order valence-electron chi connectivity index (χ3n) is 2.13. The molecule has 0 N–H and O–H groups in total. The van der Waals surface area contributed by atoms with E-state index in [4.69, 9.17) is 0 Å². The zero-order chi connectivity index (χ0) is 9.40. The predicted molar refractivity (Wildman–Crippen MR) is 54.3 cm³/mol. The Kier molecular flexibility index (Phi) is 7.40. The van der Waals surface area contributed by atoms with Crippen LogP contribution in [-0.4, -0.2) is 32.9 Å². The van der Waals surface area contributed by atoms with Gasteiger partial charge in [0, 0.05) is 0 Å². The summed E-state index contributed by atoms with van der Waals surface area (Å²) in [6, 6.07) is 0. The fraction of sp³-hybridized carbons (Fsp3) is 0.667. The van der Waals surface area contributed by atoms with Gasteiger partial charge in [-0.3, -0.25) is 0 Å². The Morgan fingerprint density at radius 2 is 1.83 bits per heavy atom. The molecule has 0 amide bonds. The Hall–Kier alpha value is -0.154. The molecule has 0 radical (unpaired) electrons. The summed E-state index contributed by atoms with van der Waals surface area (Å²) >= 11 is -1.22. The van der Waals surface area contributed by atoms with E-state index < -0.39 is 16.5 Å². The fourth-order valence-electron chi connectivity index (χ4n) is 1.39. The molecule has 0 aromatic carbocycles. The number of nitrogens with zero attached hydrogens (tertiary/aromatic N) is 1. The first kappa shape index (κ1) is 11.8. The van der Waals surface area contributed by atoms with Crippen molar-refractivity contribution in [3.05, 3.63) is 12.3 Å². The van der Waals surface area contributed by atoms with Gasteiger partial charge >= 0.3 is 80.7 Å². The first-order chi connectivity index (χ1) is 5.79. The zero-order valence-electron chi connectivity index (χ0n) is 8.29. The molecule has 0 atom stereocenters. The van der Waals surface area contributed by atoms with Crippen molar-refractivity contribution in [1.29, 1.82) is 0 Å². The zero-order valence-corrected chi connectivity index (χ0v) is 10.7. The second-order valence-electron chi connectivity index (χ2n) is 2.78. The van der Waals surface area contributed by atoms with Crippen LogP contribution in [0.1, 0.15) is 20.8 Å². The molecule has 0 fully saturated rings. The Morgan fingerprint density at radius 3 is 2.17 bits per heavy atom. The Bertz CT molecular complexity index is 143. The van der Waals surface area contributed by atoms with Gasteiger partial charge in [-0.05, 0) is 0 Å². The van der Waals surface area contributed by atoms with Crippen LogP contribution in [0.4, 0.5) is 0 Å². The number of carbonyl (C=O) groups excluding carboxylic acids is 1. The van der Waals surface area contributed by atoms with E-state index in [1.807, 2.05) is 6.20 Å². The van der Waals surface area contributed by atoms with Crippen LogP contribution in [-0.2, 0) is 4.79 Å². The van der Waals surface area contributed by atoms with Crippen molar-refractivity contribution < 1.29 is 4.79 Å². The number of hydrogen-bond donors (Lipinski definition) is 0. The predicted octanol–water partition coefficient (Wildman–Crippen LogP) is 2.05. The normalized spacial score (nSPS) is 10.2. The summed E-state index contributed by atoms with van der Waals surface area (Å²) in [4.78, 5) is 12.8. The average Bonchev–Trinajstić information content (AvgIpc) is 2.12. The molecule has 0 bridgehead atoms. The summed E-state index contributed by atoms with van der Waals surface area (Å²) in [5, 5.41) is 0. The molecule has 68 valence electrons. The van der Waals surface area contributed by atoms with Crippen molar-refractivity contribution in [3.63, 3.8) is 0 Å². The molecule has 0 saturated heterocycles. The van der Waals surface area contributed by atoms with E-state index in [0.717, 1.165) is 12.8 Å². The van der Waals surface area contributed by atoms with Crippen molar-refractivity contribution >= 4 is 22.7 Å². The molecule has 0 aliphatic carbocycles. The van der Waals surface area contributed by atoms with E-state index >= 15 is 0 Å². The van der Waals surface area contributed by atoms with E-state index in [9.17, 15) is 4.79 Å². The Morgan fingerprint density at radius 1 is 1.25 bits per heavy atom. The number of hydrogen-bond acceptors (Lipinski definition) is 2. The van der Waals surface area contributed by atoms with Crippen molar-refractivity contribution in [2.75, 3.05) is 6.54 Å². The molecular formula is C9H18GaNO. The molecule has 0 spiro atoms. The van der Waals surface area contributed by atoms with Gasteiger partial charge in [0.2, 0.25) is 0 Å². The van der Waals surface area contributed by atoms with Gasteiger partial charge in [0.15, 0.2) is 0 Å². The molecule has 12 heavy (non-hydrogen) atoms. The number of allylic oxidation sites excluding steroid dienone is 1. The SMILES string of the molecule is CC[N](/C=C\C=O)[Ga]([CH2]C)[CH2]C. The molecule has 0 aliphatic rings. The summed E-state index contributed by atoms with van der Waals surface area (Å²) in [5.74, 6) is 0. The van der Waals surface area contributed by atoms with E-state index in [1.165, 1.54) is 9.95 Å². The van der Waals surface area contributed by atoms with Crippen molar-refractivity contribution in [2.45, 2.75) is 30.7 Å². The third kappa shape index (κ3) is 4.02. The van der Waals surface area contributed by atoms with E-state index in [-0.39, 0.29) is 0 Å². The van der Waals surface area contributed by atoms with Gasteiger partial charge in [0.1, 0.15) is 0 Å². The van der Waals surface area contributed by atoms with E-state index in [0.29, 0.717) is 0 Å². The van der Waals surface area contributed by atoms with Gasteiger partial charge < -0.3 is 0 Å². The van der Waals surface area contributed by atoms with Crippen LogP contribution in [0.2, 0.25) is 9.95 Å². The molecule has 0 aliphatic heterocycles. The summed E-state index contributed by atoms with van der Waals surface area (Å²) in [5.41, 5.74) is 0. The Labute approximate surface area is 80.9 Å². The van der Waals surface area contributed by atoms with E-state index in [2.05, 4.69) is 24.4 Å². The standard InChI is InChI=1S/C5H9NO.2C2H5.Ga/c1-2-6-4-3-5-7;2*1-2;/h3-5H,2H2,1H3,(H,6,7);2*1H2,2H3;/q;;;+1/p-1. The van der Waals surface area contributed by atoms with Crippen molar-refractivity contribution in [1.82, 2.24) is 3.61 Å². The van der Waals surface area contributed by atoms with Crippen molar-refractivity contribution in [3.8, 4) is 0 Å². The number of aldehydes is 1. The number of carbonyl (C=O) groups is 1. The van der Waals surface area contributed by atoms with Crippen LogP contribution < -0.4 is 0 Å². The van der Waals surface area contributed by atoms with Gasteiger partial charge in [-0.1, -0.05) is 0 Å².